The Bertz CT molecular complexity index is 1020. The van der Waals surface area contributed by atoms with Gasteiger partial charge >= 0.3 is 0 Å². The normalized spacial score (nSPS) is 10.3. The number of aromatic nitrogens is 2. The number of amides is 1. The molecule has 0 spiro atoms. The molecule has 0 saturated heterocycles. The van der Waals surface area contributed by atoms with E-state index in [1.54, 1.807) is 18.2 Å². The van der Waals surface area contributed by atoms with Gasteiger partial charge in [0.05, 0.1) is 19.3 Å². The monoisotopic (exact) mass is 420 g/mol. The number of rotatable bonds is 11. The first-order valence-electron chi connectivity index (χ1n) is 10.1. The third-order valence-corrected chi connectivity index (χ3v) is 4.28. The first-order valence-corrected chi connectivity index (χ1v) is 10.1. The van der Waals surface area contributed by atoms with Crippen molar-refractivity contribution in [3.63, 3.8) is 0 Å². The van der Waals surface area contributed by atoms with Crippen molar-refractivity contribution in [1.82, 2.24) is 10.1 Å². The minimum atomic E-state index is -0.164. The number of anilines is 1. The summed E-state index contributed by atoms with van der Waals surface area (Å²) in [6.07, 6.45) is 1.65. The summed E-state index contributed by atoms with van der Waals surface area (Å²) in [6, 6.07) is 16.7. The van der Waals surface area contributed by atoms with Crippen LogP contribution in [0.3, 0.4) is 0 Å². The summed E-state index contributed by atoms with van der Waals surface area (Å²) in [5, 5.41) is 15.4. The number of benzene rings is 2. The Kier molecular flexibility index (Phi) is 8.00. The lowest BCUT2D eigenvalue weighted by Gasteiger charge is -2.08. The van der Waals surface area contributed by atoms with Crippen molar-refractivity contribution < 1.29 is 18.8 Å². The lowest BCUT2D eigenvalue weighted by Crippen LogP contribution is -2.12. The summed E-state index contributed by atoms with van der Waals surface area (Å²) in [5.41, 5.74) is 1.46. The Morgan fingerprint density at radius 3 is 2.77 bits per heavy atom. The summed E-state index contributed by atoms with van der Waals surface area (Å²) in [5.74, 6) is 2.13. The van der Waals surface area contributed by atoms with Crippen LogP contribution in [0, 0.1) is 11.3 Å². The summed E-state index contributed by atoms with van der Waals surface area (Å²) in [7, 11) is 0. The van der Waals surface area contributed by atoms with Crippen LogP contribution in [-0.2, 0) is 11.2 Å². The minimum Gasteiger partial charge on any atom is -0.494 e. The van der Waals surface area contributed by atoms with Crippen molar-refractivity contribution in [2.75, 3.05) is 18.5 Å². The molecule has 3 aromatic rings. The Hall–Kier alpha value is -3.86. The SMILES string of the molecule is CCOc1ccc(-c2noc(CCC(=O)Nc3cccc(OCCCC#N)c3)n2)cc1. The van der Waals surface area contributed by atoms with E-state index in [2.05, 4.69) is 21.5 Å². The standard InChI is InChI=1S/C23H24N4O4/c1-2-29-19-10-8-17(9-11-19)23-26-22(31-27-23)13-12-21(28)25-18-6-5-7-20(16-18)30-15-4-3-14-24/h5-11,16H,2-4,12-13,15H2,1H3,(H,25,28). The molecule has 160 valence electrons. The molecule has 0 atom stereocenters. The van der Waals surface area contributed by atoms with E-state index in [4.69, 9.17) is 19.3 Å². The van der Waals surface area contributed by atoms with Gasteiger partial charge in [-0.3, -0.25) is 4.79 Å². The quantitative estimate of drug-likeness (QED) is 0.458. The predicted octanol–water partition coefficient (Wildman–Crippen LogP) is 4.39. The van der Waals surface area contributed by atoms with Gasteiger partial charge in [0.1, 0.15) is 11.5 Å². The Labute approximate surface area is 180 Å². The van der Waals surface area contributed by atoms with Crippen LogP contribution in [0.15, 0.2) is 53.1 Å². The number of nitriles is 1. The molecule has 31 heavy (non-hydrogen) atoms. The molecular weight excluding hydrogens is 396 g/mol. The molecule has 0 aliphatic carbocycles. The van der Waals surface area contributed by atoms with E-state index in [0.29, 0.717) is 55.6 Å². The lowest BCUT2D eigenvalue weighted by molar-refractivity contribution is -0.116. The number of nitrogens with one attached hydrogen (secondary N) is 1. The third-order valence-electron chi connectivity index (χ3n) is 4.28. The fourth-order valence-electron chi connectivity index (χ4n) is 2.79. The van der Waals surface area contributed by atoms with Gasteiger partial charge in [0, 0.05) is 36.6 Å². The molecule has 1 amide bonds. The average Bonchev–Trinajstić information content (AvgIpc) is 3.26. The molecule has 8 nitrogen and oxygen atoms in total. The summed E-state index contributed by atoms with van der Waals surface area (Å²) < 4.78 is 16.3. The second-order valence-electron chi connectivity index (χ2n) is 6.66. The molecule has 1 heterocycles. The van der Waals surface area contributed by atoms with Crippen LogP contribution in [0.4, 0.5) is 5.69 Å². The van der Waals surface area contributed by atoms with Gasteiger partial charge in [0.15, 0.2) is 0 Å². The maximum atomic E-state index is 12.3. The van der Waals surface area contributed by atoms with E-state index < -0.39 is 0 Å². The number of ether oxygens (including phenoxy) is 2. The largest absolute Gasteiger partial charge is 0.494 e. The van der Waals surface area contributed by atoms with Gasteiger partial charge in [-0.05, 0) is 49.7 Å². The van der Waals surface area contributed by atoms with Gasteiger partial charge in [0.25, 0.3) is 0 Å². The van der Waals surface area contributed by atoms with Crippen molar-refractivity contribution in [2.45, 2.75) is 32.6 Å². The summed E-state index contributed by atoms with van der Waals surface area (Å²) >= 11 is 0. The number of unbranched alkanes of at least 4 members (excludes halogenated alkanes) is 1. The smallest absolute Gasteiger partial charge is 0.227 e. The van der Waals surface area contributed by atoms with E-state index in [1.807, 2.05) is 37.3 Å². The van der Waals surface area contributed by atoms with Crippen molar-refractivity contribution in [3.8, 4) is 29.0 Å². The van der Waals surface area contributed by atoms with E-state index >= 15 is 0 Å². The highest BCUT2D eigenvalue weighted by Crippen LogP contribution is 2.21. The van der Waals surface area contributed by atoms with Crippen LogP contribution in [0.25, 0.3) is 11.4 Å². The zero-order valence-corrected chi connectivity index (χ0v) is 17.3. The Morgan fingerprint density at radius 1 is 1.16 bits per heavy atom. The summed E-state index contributed by atoms with van der Waals surface area (Å²) in [6.45, 7) is 2.99. The third kappa shape index (κ3) is 6.85. The van der Waals surface area contributed by atoms with Gasteiger partial charge in [0.2, 0.25) is 17.6 Å². The highest BCUT2D eigenvalue weighted by molar-refractivity contribution is 5.90. The maximum Gasteiger partial charge on any atom is 0.227 e. The molecule has 0 fully saturated rings. The molecule has 0 unspecified atom stereocenters. The molecule has 2 aromatic carbocycles. The van der Waals surface area contributed by atoms with E-state index in [0.717, 1.165) is 11.3 Å². The topological polar surface area (TPSA) is 110 Å². The van der Waals surface area contributed by atoms with Gasteiger partial charge in [-0.1, -0.05) is 11.2 Å². The van der Waals surface area contributed by atoms with E-state index in [9.17, 15) is 4.79 Å². The van der Waals surface area contributed by atoms with E-state index in [-0.39, 0.29) is 12.3 Å². The Morgan fingerprint density at radius 2 is 2.00 bits per heavy atom. The number of hydrogen-bond donors (Lipinski definition) is 1. The second-order valence-corrected chi connectivity index (χ2v) is 6.66. The molecule has 1 N–H and O–H groups in total. The molecular formula is C23H24N4O4. The number of nitrogens with zero attached hydrogens (tertiary/aromatic N) is 3. The van der Waals surface area contributed by atoms with E-state index in [1.165, 1.54) is 0 Å². The highest BCUT2D eigenvalue weighted by atomic mass is 16.5. The molecule has 0 bridgehead atoms. The fourth-order valence-corrected chi connectivity index (χ4v) is 2.79. The first-order chi connectivity index (χ1) is 15.2. The molecule has 0 aliphatic heterocycles. The predicted molar refractivity (Wildman–Crippen MR) is 115 cm³/mol. The van der Waals surface area contributed by atoms with Crippen molar-refractivity contribution >= 4 is 11.6 Å². The number of carbonyl (C=O) groups excluding carboxylic acids is 1. The zero-order chi connectivity index (χ0) is 21.9. The molecule has 8 heteroatoms. The number of carbonyl (C=O) groups is 1. The van der Waals surface area contributed by atoms with Crippen LogP contribution in [0.1, 0.15) is 32.1 Å². The molecule has 0 aliphatic rings. The van der Waals surface area contributed by atoms with Crippen LogP contribution in [-0.4, -0.2) is 29.3 Å². The average molecular weight is 420 g/mol. The second kappa shape index (κ2) is 11.4. The van der Waals surface area contributed by atoms with Gasteiger partial charge in [-0.15, -0.1) is 0 Å². The van der Waals surface area contributed by atoms with Crippen LogP contribution < -0.4 is 14.8 Å². The van der Waals surface area contributed by atoms with Gasteiger partial charge in [-0.25, -0.2) is 0 Å². The van der Waals surface area contributed by atoms with Crippen molar-refractivity contribution in [2.24, 2.45) is 0 Å². The lowest BCUT2D eigenvalue weighted by atomic mass is 10.2. The van der Waals surface area contributed by atoms with Gasteiger partial charge in [-0.2, -0.15) is 10.2 Å². The molecule has 0 radical (unpaired) electrons. The van der Waals surface area contributed by atoms with Crippen LogP contribution in [0.2, 0.25) is 0 Å². The van der Waals surface area contributed by atoms with Crippen molar-refractivity contribution in [1.29, 1.82) is 5.26 Å². The van der Waals surface area contributed by atoms with Crippen LogP contribution in [0.5, 0.6) is 11.5 Å². The fraction of sp³-hybridized carbons (Fsp3) is 0.304. The number of aryl methyl sites for hydroxylation is 1. The van der Waals surface area contributed by atoms with Crippen LogP contribution >= 0.6 is 0 Å². The summed E-state index contributed by atoms with van der Waals surface area (Å²) in [4.78, 5) is 16.6. The molecule has 0 saturated carbocycles. The highest BCUT2D eigenvalue weighted by Gasteiger charge is 2.11. The van der Waals surface area contributed by atoms with Gasteiger partial charge < -0.3 is 19.3 Å². The minimum absolute atomic E-state index is 0.164. The maximum absolute atomic E-state index is 12.3. The van der Waals surface area contributed by atoms with Crippen molar-refractivity contribution in [3.05, 3.63) is 54.4 Å². The molecule has 3 rings (SSSR count). The Balaban J connectivity index is 1.48. The first kappa shape index (κ1) is 21.8. The zero-order valence-electron chi connectivity index (χ0n) is 17.3. The molecule has 1 aromatic heterocycles. The number of hydrogen-bond acceptors (Lipinski definition) is 7.